The molecule has 0 radical (unpaired) electrons. The minimum atomic E-state index is 0.465. The van der Waals surface area contributed by atoms with Crippen molar-refractivity contribution in [1.82, 2.24) is 5.32 Å². The zero-order valence-corrected chi connectivity index (χ0v) is 7.97. The zero-order valence-electron chi connectivity index (χ0n) is 7.97. The van der Waals surface area contributed by atoms with Crippen LogP contribution in [0.5, 0.6) is 0 Å². The van der Waals surface area contributed by atoms with E-state index in [0.29, 0.717) is 6.04 Å². The van der Waals surface area contributed by atoms with Crippen LogP contribution in [0.3, 0.4) is 0 Å². The third-order valence-electron chi connectivity index (χ3n) is 2.43. The first-order chi connectivity index (χ1) is 5.83. The Balaban J connectivity index is 2.01. The molecule has 0 heterocycles. The third-order valence-corrected chi connectivity index (χ3v) is 2.43. The maximum Gasteiger partial charge on any atom is 0.0162 e. The molecule has 0 aromatic heterocycles. The van der Waals surface area contributed by atoms with Gasteiger partial charge in [-0.15, -0.1) is 0 Å². The van der Waals surface area contributed by atoms with E-state index in [9.17, 15) is 0 Å². The summed E-state index contributed by atoms with van der Waals surface area (Å²) >= 11 is 0. The van der Waals surface area contributed by atoms with Crippen LogP contribution in [0.25, 0.3) is 0 Å². The quantitative estimate of drug-likeness (QED) is 0.609. The largest absolute Gasteiger partial charge is 0.329 e. The first-order valence-corrected chi connectivity index (χ1v) is 4.94. The highest BCUT2D eigenvalue weighted by Crippen LogP contribution is 2.19. The maximum atomic E-state index is 5.49. The van der Waals surface area contributed by atoms with Crippen molar-refractivity contribution >= 4 is 0 Å². The van der Waals surface area contributed by atoms with Crippen LogP contribution in [0.2, 0.25) is 0 Å². The Hall–Kier alpha value is -0.340. The molecule has 0 aromatic rings. The van der Waals surface area contributed by atoms with Gasteiger partial charge in [0.15, 0.2) is 0 Å². The summed E-state index contributed by atoms with van der Waals surface area (Å²) in [6.45, 7) is 3.95. The Bertz CT molecular complexity index is 152. The van der Waals surface area contributed by atoms with Crippen LogP contribution in [0.1, 0.15) is 32.6 Å². The fraction of sp³-hybridized carbons (Fsp3) is 0.800. The molecule has 1 rings (SSSR count). The van der Waals surface area contributed by atoms with Crippen molar-refractivity contribution in [1.29, 1.82) is 0 Å². The van der Waals surface area contributed by atoms with Gasteiger partial charge in [-0.25, -0.2) is 0 Å². The Morgan fingerprint density at radius 2 is 2.50 bits per heavy atom. The predicted molar refractivity (Wildman–Crippen MR) is 53.1 cm³/mol. The molecule has 0 spiro atoms. The summed E-state index contributed by atoms with van der Waals surface area (Å²) in [5.41, 5.74) is 7.12. The van der Waals surface area contributed by atoms with Gasteiger partial charge < -0.3 is 11.1 Å². The molecule has 3 N–H and O–H groups in total. The first kappa shape index (κ1) is 9.75. The molecular formula is C10H20N2. The van der Waals surface area contributed by atoms with Crippen molar-refractivity contribution in [3.63, 3.8) is 0 Å². The molecule has 0 bridgehead atoms. The van der Waals surface area contributed by atoms with Crippen molar-refractivity contribution in [3.8, 4) is 0 Å². The second-order valence-electron chi connectivity index (χ2n) is 3.60. The minimum absolute atomic E-state index is 0.465. The fourth-order valence-electron chi connectivity index (χ4n) is 1.53. The number of hydrogen-bond acceptors (Lipinski definition) is 2. The molecule has 70 valence electrons. The third kappa shape index (κ3) is 3.37. The van der Waals surface area contributed by atoms with Gasteiger partial charge in [-0.05, 0) is 39.2 Å². The molecule has 0 fully saturated rings. The molecule has 2 nitrogen and oxygen atoms in total. The van der Waals surface area contributed by atoms with E-state index in [1.54, 1.807) is 5.57 Å². The molecule has 1 aliphatic carbocycles. The van der Waals surface area contributed by atoms with Crippen LogP contribution in [-0.2, 0) is 0 Å². The molecule has 1 aliphatic rings. The second-order valence-corrected chi connectivity index (χ2v) is 3.60. The van der Waals surface area contributed by atoms with Crippen LogP contribution >= 0.6 is 0 Å². The van der Waals surface area contributed by atoms with E-state index in [4.69, 9.17) is 5.73 Å². The van der Waals surface area contributed by atoms with E-state index in [1.807, 2.05) is 0 Å². The highest BCUT2D eigenvalue weighted by Gasteiger charge is 2.04. The van der Waals surface area contributed by atoms with Gasteiger partial charge in [-0.3, -0.25) is 0 Å². The van der Waals surface area contributed by atoms with Gasteiger partial charge in [-0.1, -0.05) is 11.6 Å². The van der Waals surface area contributed by atoms with Gasteiger partial charge in [0.1, 0.15) is 0 Å². The second kappa shape index (κ2) is 5.33. The molecule has 0 saturated heterocycles. The van der Waals surface area contributed by atoms with Gasteiger partial charge in [0, 0.05) is 12.6 Å². The lowest BCUT2D eigenvalue weighted by Crippen LogP contribution is -2.33. The average molecular weight is 168 g/mol. The van der Waals surface area contributed by atoms with Crippen molar-refractivity contribution in [3.05, 3.63) is 11.6 Å². The number of rotatable bonds is 5. The van der Waals surface area contributed by atoms with Crippen LogP contribution < -0.4 is 11.1 Å². The topological polar surface area (TPSA) is 38.0 Å². The average Bonchev–Trinajstić information content (AvgIpc) is 2.57. The Morgan fingerprint density at radius 1 is 1.67 bits per heavy atom. The van der Waals surface area contributed by atoms with Crippen LogP contribution in [0.15, 0.2) is 11.6 Å². The van der Waals surface area contributed by atoms with E-state index >= 15 is 0 Å². The van der Waals surface area contributed by atoms with E-state index in [-0.39, 0.29) is 0 Å². The first-order valence-electron chi connectivity index (χ1n) is 4.94. The SMILES string of the molecule is CC(CN)NCCC1=CCCC1. The smallest absolute Gasteiger partial charge is 0.0162 e. The number of hydrogen-bond donors (Lipinski definition) is 2. The maximum absolute atomic E-state index is 5.49. The number of allylic oxidation sites excluding steroid dienone is 1. The Morgan fingerprint density at radius 3 is 3.08 bits per heavy atom. The lowest BCUT2D eigenvalue weighted by molar-refractivity contribution is 0.556. The summed E-state index contributed by atoms with van der Waals surface area (Å²) in [7, 11) is 0. The van der Waals surface area contributed by atoms with E-state index in [0.717, 1.165) is 13.1 Å². The lowest BCUT2D eigenvalue weighted by Gasteiger charge is -2.10. The molecule has 2 heteroatoms. The van der Waals surface area contributed by atoms with Crippen LogP contribution in [0.4, 0.5) is 0 Å². The predicted octanol–water partition coefficient (Wildman–Crippen LogP) is 1.42. The van der Waals surface area contributed by atoms with E-state index < -0.39 is 0 Å². The van der Waals surface area contributed by atoms with Gasteiger partial charge in [-0.2, -0.15) is 0 Å². The van der Waals surface area contributed by atoms with Crippen molar-refractivity contribution in [2.75, 3.05) is 13.1 Å². The monoisotopic (exact) mass is 168 g/mol. The fourth-order valence-corrected chi connectivity index (χ4v) is 1.53. The van der Waals surface area contributed by atoms with Gasteiger partial charge in [0.25, 0.3) is 0 Å². The normalized spacial score (nSPS) is 19.3. The molecule has 1 unspecified atom stereocenters. The van der Waals surface area contributed by atoms with Crippen molar-refractivity contribution in [2.45, 2.75) is 38.6 Å². The molecular weight excluding hydrogens is 148 g/mol. The highest BCUT2D eigenvalue weighted by molar-refractivity contribution is 5.07. The van der Waals surface area contributed by atoms with Crippen LogP contribution in [0, 0.1) is 0 Å². The number of nitrogens with one attached hydrogen (secondary N) is 1. The van der Waals surface area contributed by atoms with Crippen LogP contribution in [-0.4, -0.2) is 19.1 Å². The molecule has 0 aliphatic heterocycles. The van der Waals surface area contributed by atoms with Crippen molar-refractivity contribution < 1.29 is 0 Å². The summed E-state index contributed by atoms with van der Waals surface area (Å²) in [6.07, 6.45) is 7.57. The Kier molecular flexibility index (Phi) is 4.33. The van der Waals surface area contributed by atoms with Gasteiger partial charge in [0.05, 0.1) is 0 Å². The summed E-state index contributed by atoms with van der Waals surface area (Å²) in [5, 5.41) is 3.39. The molecule has 12 heavy (non-hydrogen) atoms. The molecule has 1 atom stereocenters. The highest BCUT2D eigenvalue weighted by atomic mass is 14.9. The zero-order chi connectivity index (χ0) is 8.81. The minimum Gasteiger partial charge on any atom is -0.329 e. The summed E-state index contributed by atoms with van der Waals surface area (Å²) < 4.78 is 0. The number of nitrogens with two attached hydrogens (primary N) is 1. The molecule has 0 saturated carbocycles. The molecule has 0 amide bonds. The van der Waals surface area contributed by atoms with E-state index in [1.165, 1.54) is 25.7 Å². The Labute approximate surface area is 75.2 Å². The van der Waals surface area contributed by atoms with Crippen molar-refractivity contribution in [2.24, 2.45) is 5.73 Å². The van der Waals surface area contributed by atoms with E-state index in [2.05, 4.69) is 18.3 Å². The lowest BCUT2D eigenvalue weighted by atomic mass is 10.1. The van der Waals surface area contributed by atoms with Gasteiger partial charge >= 0.3 is 0 Å². The summed E-state index contributed by atoms with van der Waals surface area (Å²) in [6, 6.07) is 0.465. The van der Waals surface area contributed by atoms with Gasteiger partial charge in [0.2, 0.25) is 0 Å². The molecule has 0 aromatic carbocycles. The summed E-state index contributed by atoms with van der Waals surface area (Å²) in [5.74, 6) is 0. The standard InChI is InChI=1S/C10H20N2/c1-9(8-11)12-7-6-10-4-2-3-5-10/h4,9,12H,2-3,5-8,11H2,1H3. The summed E-state index contributed by atoms with van der Waals surface area (Å²) in [4.78, 5) is 0.